The Morgan fingerprint density at radius 3 is 2.89 bits per heavy atom. The van der Waals surface area contributed by atoms with Gasteiger partial charge in [-0.1, -0.05) is 39.9 Å². The number of hydrogen-bond donors (Lipinski definition) is 5. The van der Waals surface area contributed by atoms with Crippen LogP contribution in [0.1, 0.15) is 11.3 Å². The van der Waals surface area contributed by atoms with Crippen LogP contribution in [0.3, 0.4) is 0 Å². The molecule has 0 aliphatic carbocycles. The quantitative estimate of drug-likeness (QED) is 0.0585. The molecular formula is C24H26ClFN8O6S4. The van der Waals surface area contributed by atoms with Gasteiger partial charge in [-0.3, -0.25) is 24.5 Å². The maximum Gasteiger partial charge on any atom is 0.353 e. The second-order valence-electron chi connectivity index (χ2n) is 8.81. The van der Waals surface area contributed by atoms with Crippen molar-refractivity contribution < 1.29 is 33.8 Å². The van der Waals surface area contributed by atoms with E-state index in [1.807, 2.05) is 0 Å². The van der Waals surface area contributed by atoms with E-state index in [4.69, 9.17) is 27.9 Å². The van der Waals surface area contributed by atoms with Crippen LogP contribution in [0.15, 0.2) is 44.1 Å². The smallest absolute Gasteiger partial charge is 0.353 e. The zero-order valence-electron chi connectivity index (χ0n) is 22.6. The van der Waals surface area contributed by atoms with E-state index >= 15 is 0 Å². The molecule has 3 atom stereocenters. The lowest BCUT2D eigenvalue weighted by atomic mass is 10.0. The van der Waals surface area contributed by atoms with Crippen LogP contribution >= 0.6 is 58.2 Å². The van der Waals surface area contributed by atoms with Gasteiger partial charge >= 0.3 is 5.97 Å². The fraction of sp³-hybridized carbons (Fsp3) is 0.375. The zero-order chi connectivity index (χ0) is 31.8. The molecule has 2 aromatic heterocycles. The normalized spacial score (nSPS) is 19.1. The zero-order valence-corrected chi connectivity index (χ0v) is 26.6. The standard InChI is InChI=1S/C24H26ClFN8O6S4/c25-19-15(32-24(28)44-19)16(33-40-4-2-26)20(36)31-17-21(37)34-18(23(38)39)14(9-42-22(17)34)43-13-1-3-29-5-11(13)7-41-8-12(6-35)30-10-27/h1,3,5,10,12,17,22,35H,2,4,6-9H2,(H2,27,30)(H2,28,32)(H,31,36)(H,38,39)/t12?,17-,22+/m1/s1. The number of thioether (sulfide) groups is 3. The summed E-state index contributed by atoms with van der Waals surface area (Å²) < 4.78 is 12.6. The lowest BCUT2D eigenvalue weighted by Crippen LogP contribution is -2.71. The SMILES string of the molecule is NC=NC(CO)CSCc1cnccc1SC1=C(C(=O)O)N2C(=O)[C@@H](NC(=O)C(=NOCCF)c3nc(N)sc3Cl)[C@@H]2SC1. The maximum absolute atomic E-state index is 13.2. The first-order valence-electron chi connectivity index (χ1n) is 12.6. The lowest BCUT2D eigenvalue weighted by molar-refractivity contribution is -0.150. The molecule has 2 amide bonds. The van der Waals surface area contributed by atoms with Crippen molar-refractivity contribution in [1.82, 2.24) is 20.2 Å². The maximum atomic E-state index is 13.2. The van der Waals surface area contributed by atoms with Gasteiger partial charge in [-0.15, -0.1) is 11.8 Å². The van der Waals surface area contributed by atoms with E-state index in [1.54, 1.807) is 18.5 Å². The Balaban J connectivity index is 1.50. The predicted molar refractivity (Wildman–Crippen MR) is 169 cm³/mol. The Morgan fingerprint density at radius 1 is 1.43 bits per heavy atom. The number of halogens is 2. The highest BCUT2D eigenvalue weighted by Gasteiger charge is 2.54. The van der Waals surface area contributed by atoms with Gasteiger partial charge in [0.15, 0.2) is 10.8 Å². The topological polar surface area (TPSA) is 219 Å². The number of nitrogens with zero attached hydrogens (tertiary/aromatic N) is 5. The number of oxime groups is 1. The molecule has 0 aromatic carbocycles. The summed E-state index contributed by atoms with van der Waals surface area (Å²) in [5.74, 6) is -1.54. The number of aliphatic hydroxyl groups excluding tert-OH is 1. The van der Waals surface area contributed by atoms with Gasteiger partial charge in [-0.05, 0) is 11.6 Å². The van der Waals surface area contributed by atoms with Gasteiger partial charge in [-0.25, -0.2) is 14.2 Å². The molecule has 1 fully saturated rings. The number of carbonyl (C=O) groups is 3. The van der Waals surface area contributed by atoms with Gasteiger partial charge in [0.05, 0.1) is 19.0 Å². The highest BCUT2D eigenvalue weighted by molar-refractivity contribution is 8.06. The van der Waals surface area contributed by atoms with Crippen molar-refractivity contribution >= 4 is 93.2 Å². The third-order valence-electron chi connectivity index (χ3n) is 5.96. The van der Waals surface area contributed by atoms with E-state index in [9.17, 15) is 29.0 Å². The number of rotatable bonds is 15. The molecule has 44 heavy (non-hydrogen) atoms. The monoisotopic (exact) mass is 704 g/mol. The van der Waals surface area contributed by atoms with Crippen molar-refractivity contribution in [2.75, 3.05) is 37.1 Å². The van der Waals surface area contributed by atoms with Crippen LogP contribution in [-0.4, -0.2) is 104 Å². The number of aliphatic imine (C=N–C) groups is 1. The highest BCUT2D eigenvalue weighted by Crippen LogP contribution is 2.46. The number of anilines is 1. The number of nitrogens with two attached hydrogens (primary N) is 2. The summed E-state index contributed by atoms with van der Waals surface area (Å²) in [5.41, 5.74) is 11.2. The van der Waals surface area contributed by atoms with Crippen LogP contribution in [0.2, 0.25) is 4.34 Å². The summed E-state index contributed by atoms with van der Waals surface area (Å²) in [6.45, 7) is -1.44. The van der Waals surface area contributed by atoms with E-state index in [-0.39, 0.29) is 39.3 Å². The van der Waals surface area contributed by atoms with Gasteiger partial charge in [0.2, 0.25) is 0 Å². The molecule has 20 heteroatoms. The van der Waals surface area contributed by atoms with Crippen molar-refractivity contribution in [2.24, 2.45) is 15.9 Å². The van der Waals surface area contributed by atoms with Crippen molar-refractivity contribution in [3.8, 4) is 0 Å². The second-order valence-corrected chi connectivity index (χ2v) is 13.7. The number of fused-ring (bicyclic) bond motifs is 1. The molecule has 4 heterocycles. The van der Waals surface area contributed by atoms with Crippen molar-refractivity contribution in [2.45, 2.75) is 28.1 Å². The number of carbonyl (C=O) groups excluding carboxylic acids is 2. The molecule has 2 aliphatic rings. The Morgan fingerprint density at radius 2 is 2.23 bits per heavy atom. The van der Waals surface area contributed by atoms with Crippen molar-refractivity contribution in [3.63, 3.8) is 0 Å². The number of thiazole rings is 1. The molecule has 14 nitrogen and oxygen atoms in total. The third-order valence-corrected chi connectivity index (χ3v) is 10.8. The van der Waals surface area contributed by atoms with E-state index in [0.29, 0.717) is 16.4 Å². The van der Waals surface area contributed by atoms with Crippen LogP contribution in [0.4, 0.5) is 9.52 Å². The summed E-state index contributed by atoms with van der Waals surface area (Å²) in [6.07, 6.45) is 4.41. The number of aliphatic carboxylic acids is 1. The van der Waals surface area contributed by atoms with Crippen LogP contribution < -0.4 is 16.8 Å². The molecule has 1 saturated heterocycles. The van der Waals surface area contributed by atoms with E-state index in [0.717, 1.165) is 33.0 Å². The molecule has 236 valence electrons. The number of nitrogen functional groups attached to an aromatic ring is 1. The molecule has 0 bridgehead atoms. The van der Waals surface area contributed by atoms with Crippen LogP contribution in [-0.2, 0) is 25.0 Å². The van der Waals surface area contributed by atoms with Gasteiger partial charge in [0, 0.05) is 39.5 Å². The van der Waals surface area contributed by atoms with E-state index in [2.05, 4.69) is 25.4 Å². The van der Waals surface area contributed by atoms with E-state index < -0.39 is 48.2 Å². The number of amides is 2. The van der Waals surface area contributed by atoms with Crippen LogP contribution in [0.5, 0.6) is 0 Å². The number of carboxylic acid groups (broad SMARTS) is 1. The highest BCUT2D eigenvalue weighted by atomic mass is 35.5. The molecule has 7 N–H and O–H groups in total. The number of carboxylic acids is 1. The number of alkyl halides is 1. The Bertz CT molecular complexity index is 1490. The van der Waals surface area contributed by atoms with Gasteiger partial charge in [0.1, 0.15) is 40.4 Å². The number of pyridine rings is 1. The third kappa shape index (κ3) is 7.75. The number of aromatic nitrogens is 2. The summed E-state index contributed by atoms with van der Waals surface area (Å²) in [7, 11) is 0. The summed E-state index contributed by atoms with van der Waals surface area (Å²) >= 11 is 11.0. The van der Waals surface area contributed by atoms with Gasteiger partial charge in [-0.2, -0.15) is 11.8 Å². The molecule has 4 rings (SSSR count). The summed E-state index contributed by atoms with van der Waals surface area (Å²) in [4.78, 5) is 58.1. The fourth-order valence-electron chi connectivity index (χ4n) is 4.00. The fourth-order valence-corrected chi connectivity index (χ4v) is 8.62. The predicted octanol–water partition coefficient (Wildman–Crippen LogP) is 1.53. The number of hydrogen-bond acceptors (Lipinski definition) is 14. The molecule has 2 aliphatic heterocycles. The number of nitrogens with one attached hydrogen (secondary N) is 1. The summed E-state index contributed by atoms with van der Waals surface area (Å²) in [6, 6.07) is 0.325. The van der Waals surface area contributed by atoms with Gasteiger partial charge < -0.3 is 31.8 Å². The Labute approximate surface area is 271 Å². The molecule has 1 unspecified atom stereocenters. The van der Waals surface area contributed by atoms with Crippen LogP contribution in [0.25, 0.3) is 0 Å². The molecule has 0 saturated carbocycles. The van der Waals surface area contributed by atoms with Gasteiger partial charge in [0.25, 0.3) is 11.8 Å². The average Bonchev–Trinajstić information content (AvgIpc) is 3.34. The van der Waals surface area contributed by atoms with Crippen molar-refractivity contribution in [1.29, 1.82) is 0 Å². The van der Waals surface area contributed by atoms with Crippen molar-refractivity contribution in [3.05, 3.63) is 44.7 Å². The lowest BCUT2D eigenvalue weighted by Gasteiger charge is -2.49. The Kier molecular flexibility index (Phi) is 12.1. The second kappa shape index (κ2) is 15.8. The minimum atomic E-state index is -1.29. The molecule has 0 radical (unpaired) electrons. The Hall–Kier alpha value is -3.10. The first-order valence-corrected chi connectivity index (χ1v) is 16.8. The van der Waals surface area contributed by atoms with E-state index in [1.165, 1.54) is 35.3 Å². The minimum absolute atomic E-state index is 0.0396. The first kappa shape index (κ1) is 33.8. The first-order chi connectivity index (χ1) is 21.2. The average molecular weight is 705 g/mol. The number of aliphatic hydroxyl groups is 1. The largest absolute Gasteiger partial charge is 0.477 e. The minimum Gasteiger partial charge on any atom is -0.477 e. The molecule has 2 aromatic rings. The summed E-state index contributed by atoms with van der Waals surface area (Å²) in [5, 5.41) is 25.1. The number of β-lactam (4-membered cyclic amide) rings is 1. The molecular weight excluding hydrogens is 679 g/mol. The van der Waals surface area contributed by atoms with Crippen LogP contribution in [0, 0.1) is 0 Å². The molecule has 0 spiro atoms.